The van der Waals surface area contributed by atoms with E-state index >= 15 is 0 Å². The molecule has 0 aliphatic heterocycles. The summed E-state index contributed by atoms with van der Waals surface area (Å²) in [5, 5.41) is 2.34. The maximum atomic E-state index is 12.0. The first-order valence-electron chi connectivity index (χ1n) is 4.99. The van der Waals surface area contributed by atoms with Gasteiger partial charge in [0.05, 0.1) is 0 Å². The van der Waals surface area contributed by atoms with Crippen molar-refractivity contribution in [1.29, 1.82) is 0 Å². The Bertz CT molecular complexity index is 655. The van der Waals surface area contributed by atoms with Crippen LogP contribution in [0.25, 0.3) is 0 Å². The molecule has 0 fully saturated rings. The van der Waals surface area contributed by atoms with Crippen LogP contribution in [0, 0.1) is 0 Å². The first-order valence-corrected chi connectivity index (χ1v) is 8.67. The molecule has 3 nitrogen and oxygen atoms in total. The van der Waals surface area contributed by atoms with Crippen molar-refractivity contribution in [3.63, 3.8) is 0 Å². The molecule has 2 radical (unpaired) electrons. The Kier molecular flexibility index (Phi) is 4.51. The van der Waals surface area contributed by atoms with Crippen molar-refractivity contribution in [2.45, 2.75) is 10.8 Å². The summed E-state index contributed by atoms with van der Waals surface area (Å²) in [5.74, 6) is 0. The summed E-state index contributed by atoms with van der Waals surface area (Å²) in [7, 11) is -3.45. The number of thiophene rings is 1. The molecule has 0 unspecified atom stereocenters. The number of sulfonamides is 1. The fourth-order valence-electron chi connectivity index (χ4n) is 1.33. The number of hydrogen-bond acceptors (Lipinski definition) is 3. The van der Waals surface area contributed by atoms with Crippen LogP contribution in [-0.4, -0.2) is 25.3 Å². The number of hydrogen-bond donors (Lipinski definition) is 1. The Morgan fingerprint density at radius 1 is 1.33 bits per heavy atom. The van der Waals surface area contributed by atoms with Crippen molar-refractivity contribution < 1.29 is 8.42 Å². The first kappa shape index (κ1) is 14.1. The van der Waals surface area contributed by atoms with Crippen molar-refractivity contribution in [1.82, 2.24) is 4.72 Å². The average molecular weight is 362 g/mol. The van der Waals surface area contributed by atoms with E-state index in [4.69, 9.17) is 11.6 Å². The number of halogens is 1. The van der Waals surface area contributed by atoms with Crippen LogP contribution < -0.4 is 9.07 Å². The molecule has 18 heavy (non-hydrogen) atoms. The van der Waals surface area contributed by atoms with Crippen LogP contribution in [0.15, 0.2) is 39.9 Å². The minimum atomic E-state index is -3.45. The van der Waals surface area contributed by atoms with Gasteiger partial charge in [0.25, 0.3) is 0 Å². The summed E-state index contributed by atoms with van der Waals surface area (Å²) >= 11 is 9.48. The molecule has 0 saturated carbocycles. The van der Waals surface area contributed by atoms with Crippen LogP contribution in [-0.2, 0) is 16.6 Å². The van der Waals surface area contributed by atoms with E-state index in [1.807, 2.05) is 6.07 Å². The zero-order valence-corrected chi connectivity index (χ0v) is 13.4. The van der Waals surface area contributed by atoms with E-state index in [1.165, 1.54) is 11.3 Å². The van der Waals surface area contributed by atoms with Gasteiger partial charge in [0, 0.05) is 0 Å². The molecule has 0 saturated heterocycles. The molecule has 0 amide bonds. The van der Waals surface area contributed by atoms with Gasteiger partial charge in [-0.25, -0.2) is 0 Å². The van der Waals surface area contributed by atoms with Crippen LogP contribution >= 0.6 is 22.9 Å². The molecule has 0 spiro atoms. The van der Waals surface area contributed by atoms with Crippen LogP contribution in [0.5, 0.6) is 0 Å². The maximum absolute atomic E-state index is 12.0. The number of benzene rings is 1. The number of nitrogens with one attached hydrogen (secondary N) is 1. The quantitative estimate of drug-likeness (QED) is 0.842. The van der Waals surface area contributed by atoms with E-state index in [2.05, 4.69) is 21.6 Å². The Labute approximate surface area is 124 Å². The zero-order valence-electron chi connectivity index (χ0n) is 9.13. The Morgan fingerprint density at radius 3 is 2.67 bits per heavy atom. The summed E-state index contributed by atoms with van der Waals surface area (Å²) in [6, 6.07) is 8.78. The molecular weight excluding hydrogens is 353 g/mol. The molecule has 2 aromatic rings. The van der Waals surface area contributed by atoms with Gasteiger partial charge in [-0.1, -0.05) is 0 Å². The van der Waals surface area contributed by atoms with E-state index in [0.29, 0.717) is 9.23 Å². The van der Waals surface area contributed by atoms with Crippen LogP contribution in [0.4, 0.5) is 0 Å². The molecule has 1 aromatic heterocycles. The fraction of sp³-hybridized carbons (Fsp3) is 0.0909. The van der Waals surface area contributed by atoms with Crippen LogP contribution in [0.1, 0.15) is 5.56 Å². The Hall–Kier alpha value is -0.322. The predicted molar refractivity (Wildman–Crippen MR) is 75.2 cm³/mol. The van der Waals surface area contributed by atoms with Gasteiger partial charge in [-0.2, -0.15) is 0 Å². The summed E-state index contributed by atoms with van der Waals surface area (Å²) < 4.78 is 27.7. The standard InChI is InChI=1S/C11H9AsClNO2S2/c12-9-5-11(17-7-9)18(15,16)14-6-8-3-1-2-4-10(8)13/h1-5,7,14H,6H2. The normalized spacial score (nSPS) is 11.7. The third-order valence-corrected chi connectivity index (χ3v) is 6.37. The van der Waals surface area contributed by atoms with Crippen LogP contribution in [0.3, 0.4) is 0 Å². The SMILES string of the molecule is O=S(=O)(NCc1ccccc1Cl)c1cc([As])cs1. The second kappa shape index (κ2) is 5.76. The third kappa shape index (κ3) is 3.37. The van der Waals surface area contributed by atoms with Crippen molar-refractivity contribution >= 4 is 54.2 Å². The molecule has 94 valence electrons. The third-order valence-electron chi connectivity index (χ3n) is 2.24. The zero-order chi connectivity index (χ0) is 13.2. The second-order valence-electron chi connectivity index (χ2n) is 3.54. The van der Waals surface area contributed by atoms with Gasteiger partial charge in [0.15, 0.2) is 0 Å². The predicted octanol–water partition coefficient (Wildman–Crippen LogP) is 1.67. The van der Waals surface area contributed by atoms with Crippen LogP contribution in [0.2, 0.25) is 5.02 Å². The van der Waals surface area contributed by atoms with Gasteiger partial charge in [0.1, 0.15) is 0 Å². The molecule has 0 aliphatic carbocycles. The molecular formula is C11H9AsClNO2S2. The number of rotatable bonds is 4. The molecule has 2 rings (SSSR count). The fourth-order valence-corrected chi connectivity index (χ4v) is 4.62. The van der Waals surface area contributed by atoms with E-state index < -0.39 is 10.0 Å². The topological polar surface area (TPSA) is 46.2 Å². The van der Waals surface area contributed by atoms with Gasteiger partial charge in [-0.3, -0.25) is 0 Å². The molecule has 0 atom stereocenters. The summed E-state index contributed by atoms with van der Waals surface area (Å²) in [6.07, 6.45) is 0. The summed E-state index contributed by atoms with van der Waals surface area (Å²) in [4.78, 5) is 0. The molecule has 1 heterocycles. The molecule has 1 N–H and O–H groups in total. The Balaban J connectivity index is 2.13. The van der Waals surface area contributed by atoms with Crippen molar-refractivity contribution in [3.05, 3.63) is 46.3 Å². The van der Waals surface area contributed by atoms with Gasteiger partial charge < -0.3 is 0 Å². The Morgan fingerprint density at radius 2 is 2.06 bits per heavy atom. The van der Waals surface area contributed by atoms with E-state index in [-0.39, 0.29) is 6.54 Å². The van der Waals surface area contributed by atoms with E-state index in [1.54, 1.807) is 29.6 Å². The van der Waals surface area contributed by atoms with Gasteiger partial charge in [-0.15, -0.1) is 0 Å². The monoisotopic (exact) mass is 361 g/mol. The first-order chi connectivity index (χ1) is 8.49. The average Bonchev–Trinajstić information content (AvgIpc) is 2.76. The molecule has 1 aromatic carbocycles. The van der Waals surface area contributed by atoms with Crippen molar-refractivity contribution in [2.24, 2.45) is 0 Å². The summed E-state index contributed by atoms with van der Waals surface area (Å²) in [6.45, 7) is 0.188. The van der Waals surface area contributed by atoms with Crippen molar-refractivity contribution in [3.8, 4) is 0 Å². The van der Waals surface area contributed by atoms with Gasteiger partial charge >= 0.3 is 124 Å². The molecule has 0 aliphatic rings. The molecule has 7 heteroatoms. The van der Waals surface area contributed by atoms with E-state index in [0.717, 1.165) is 9.91 Å². The second-order valence-corrected chi connectivity index (χ2v) is 7.94. The molecule has 0 bridgehead atoms. The van der Waals surface area contributed by atoms with E-state index in [9.17, 15) is 8.42 Å². The van der Waals surface area contributed by atoms with Gasteiger partial charge in [-0.05, 0) is 0 Å². The van der Waals surface area contributed by atoms with Gasteiger partial charge in [0.2, 0.25) is 0 Å². The van der Waals surface area contributed by atoms with Crippen molar-refractivity contribution in [2.75, 3.05) is 0 Å². The minimum absolute atomic E-state index is 0.188. The summed E-state index contributed by atoms with van der Waals surface area (Å²) in [5.41, 5.74) is 0.756.